The fraction of sp³-hybridized carbons (Fsp3) is 0.250. The van der Waals surface area contributed by atoms with Gasteiger partial charge in [-0.1, -0.05) is 0 Å². The van der Waals surface area contributed by atoms with Crippen molar-refractivity contribution in [3.63, 3.8) is 0 Å². The van der Waals surface area contributed by atoms with Crippen LogP contribution in [0.5, 0.6) is 0 Å². The molecule has 0 atom stereocenters. The Kier molecular flexibility index (Phi) is 6.14. The van der Waals surface area contributed by atoms with Gasteiger partial charge in [0.1, 0.15) is 6.33 Å². The molecular formula is C20H20N6O4S. The van der Waals surface area contributed by atoms with Crippen molar-refractivity contribution >= 4 is 34.7 Å². The zero-order valence-corrected chi connectivity index (χ0v) is 17.5. The van der Waals surface area contributed by atoms with Crippen molar-refractivity contribution in [3.05, 3.63) is 64.5 Å². The number of hydrogen-bond donors (Lipinski definition) is 1. The van der Waals surface area contributed by atoms with Gasteiger partial charge in [-0.3, -0.25) is 14.9 Å². The van der Waals surface area contributed by atoms with Crippen LogP contribution in [0.25, 0.3) is 0 Å². The fourth-order valence-electron chi connectivity index (χ4n) is 3.17. The van der Waals surface area contributed by atoms with E-state index in [1.54, 1.807) is 24.5 Å². The summed E-state index contributed by atoms with van der Waals surface area (Å²) in [4.78, 5) is 26.7. The summed E-state index contributed by atoms with van der Waals surface area (Å²) < 4.78 is 7.19. The largest absolute Gasteiger partial charge is 0.378 e. The van der Waals surface area contributed by atoms with Gasteiger partial charge in [0.25, 0.3) is 11.6 Å². The van der Waals surface area contributed by atoms with Gasteiger partial charge in [0, 0.05) is 42.9 Å². The number of ether oxygens (including phenoxy) is 1. The number of nitro benzene ring substituents is 1. The number of hydrogen-bond acceptors (Lipinski definition) is 8. The maximum absolute atomic E-state index is 13.0. The van der Waals surface area contributed by atoms with Gasteiger partial charge in [-0.25, -0.2) is 0 Å². The summed E-state index contributed by atoms with van der Waals surface area (Å²) in [6.45, 7) is 2.32. The molecule has 0 spiro atoms. The average molecular weight is 440 g/mol. The Hall–Kier alpha value is -3.44. The number of amides is 1. The number of benzene rings is 2. The first-order chi connectivity index (χ1) is 15.0. The zero-order valence-electron chi connectivity index (χ0n) is 16.7. The third-order valence-corrected chi connectivity index (χ3v) is 5.84. The normalized spacial score (nSPS) is 13.8. The van der Waals surface area contributed by atoms with Crippen LogP contribution in [0.3, 0.4) is 0 Å². The van der Waals surface area contributed by atoms with E-state index in [-0.39, 0.29) is 11.3 Å². The SMILES string of the molecule is Cn1cnnc1Sc1ccc(NC(=O)c2cc([N+](=O)[O-])ccc2N2CCOCC2)cc1. The van der Waals surface area contributed by atoms with Gasteiger partial charge < -0.3 is 19.5 Å². The number of aromatic nitrogens is 3. The number of aryl methyl sites for hydroxylation is 1. The van der Waals surface area contributed by atoms with Gasteiger partial charge in [0.2, 0.25) is 0 Å². The molecule has 1 N–H and O–H groups in total. The van der Waals surface area contributed by atoms with Gasteiger partial charge in [-0.05, 0) is 42.1 Å². The van der Waals surface area contributed by atoms with Gasteiger partial charge in [0.05, 0.1) is 29.4 Å². The summed E-state index contributed by atoms with van der Waals surface area (Å²) in [7, 11) is 1.86. The highest BCUT2D eigenvalue weighted by molar-refractivity contribution is 7.99. The van der Waals surface area contributed by atoms with E-state index in [1.807, 2.05) is 28.6 Å². The number of nitrogens with zero attached hydrogens (tertiary/aromatic N) is 5. The minimum absolute atomic E-state index is 0.127. The molecule has 160 valence electrons. The molecule has 0 saturated carbocycles. The highest BCUT2D eigenvalue weighted by Gasteiger charge is 2.22. The van der Waals surface area contributed by atoms with E-state index in [0.29, 0.717) is 37.7 Å². The Morgan fingerprint density at radius 1 is 1.19 bits per heavy atom. The number of morpholine rings is 1. The van der Waals surface area contributed by atoms with E-state index in [2.05, 4.69) is 15.5 Å². The number of nitrogens with one attached hydrogen (secondary N) is 1. The number of carbonyl (C=O) groups is 1. The second kappa shape index (κ2) is 9.14. The van der Waals surface area contributed by atoms with E-state index < -0.39 is 10.8 Å². The van der Waals surface area contributed by atoms with Crippen LogP contribution in [0.2, 0.25) is 0 Å². The van der Waals surface area contributed by atoms with Crippen LogP contribution >= 0.6 is 11.8 Å². The van der Waals surface area contributed by atoms with Crippen LogP contribution in [-0.2, 0) is 11.8 Å². The molecule has 1 saturated heterocycles. The summed E-state index contributed by atoms with van der Waals surface area (Å²) in [6, 6.07) is 11.7. The molecule has 0 radical (unpaired) electrons. The molecule has 1 aromatic heterocycles. The molecule has 2 aromatic carbocycles. The Balaban J connectivity index is 1.53. The molecule has 1 aliphatic heterocycles. The van der Waals surface area contributed by atoms with Crippen LogP contribution < -0.4 is 10.2 Å². The molecule has 4 rings (SSSR count). The van der Waals surface area contributed by atoms with E-state index in [9.17, 15) is 14.9 Å². The van der Waals surface area contributed by atoms with Crippen LogP contribution in [-0.4, -0.2) is 51.9 Å². The zero-order chi connectivity index (χ0) is 21.8. The molecule has 31 heavy (non-hydrogen) atoms. The predicted molar refractivity (Wildman–Crippen MR) is 116 cm³/mol. The lowest BCUT2D eigenvalue weighted by Gasteiger charge is -2.30. The van der Waals surface area contributed by atoms with Gasteiger partial charge in [-0.2, -0.15) is 0 Å². The van der Waals surface area contributed by atoms with Crippen LogP contribution in [0.15, 0.2) is 58.8 Å². The second-order valence-corrected chi connectivity index (χ2v) is 7.90. The second-order valence-electron chi connectivity index (χ2n) is 6.86. The molecule has 1 aliphatic rings. The first-order valence-electron chi connectivity index (χ1n) is 9.55. The first-order valence-corrected chi connectivity index (χ1v) is 10.4. The van der Waals surface area contributed by atoms with Crippen molar-refractivity contribution in [3.8, 4) is 0 Å². The van der Waals surface area contributed by atoms with E-state index in [1.165, 1.54) is 23.9 Å². The maximum Gasteiger partial charge on any atom is 0.270 e. The predicted octanol–water partition coefficient (Wildman–Crippen LogP) is 2.96. The first kappa shape index (κ1) is 20.8. The van der Waals surface area contributed by atoms with Crippen molar-refractivity contribution in [2.75, 3.05) is 36.5 Å². The monoisotopic (exact) mass is 440 g/mol. The van der Waals surface area contributed by atoms with Gasteiger partial charge in [0.15, 0.2) is 5.16 Å². The topological polar surface area (TPSA) is 115 Å². The maximum atomic E-state index is 13.0. The standard InChI is InChI=1S/C20H20N6O4S/c1-24-13-21-23-20(24)31-16-5-2-14(3-6-16)22-19(27)17-12-15(26(28)29)4-7-18(17)25-8-10-30-11-9-25/h2-7,12-13H,8-11H2,1H3,(H,22,27). The van der Waals surface area contributed by atoms with Crippen molar-refractivity contribution in [1.29, 1.82) is 0 Å². The highest BCUT2D eigenvalue weighted by Crippen LogP contribution is 2.29. The lowest BCUT2D eigenvalue weighted by atomic mass is 10.1. The molecule has 2 heterocycles. The molecule has 0 unspecified atom stereocenters. The summed E-state index contributed by atoms with van der Waals surface area (Å²) >= 11 is 1.45. The third kappa shape index (κ3) is 4.84. The quantitative estimate of drug-likeness (QED) is 0.459. The van der Waals surface area contributed by atoms with Crippen molar-refractivity contribution < 1.29 is 14.5 Å². The van der Waals surface area contributed by atoms with E-state index in [0.717, 1.165) is 10.1 Å². The van der Waals surface area contributed by atoms with Crippen LogP contribution in [0, 0.1) is 10.1 Å². The Labute approximate surface area is 182 Å². The molecule has 3 aromatic rings. The highest BCUT2D eigenvalue weighted by atomic mass is 32.2. The van der Waals surface area contributed by atoms with Gasteiger partial charge in [-0.15, -0.1) is 10.2 Å². The lowest BCUT2D eigenvalue weighted by Crippen LogP contribution is -2.37. The molecular weight excluding hydrogens is 420 g/mol. The van der Waals surface area contributed by atoms with E-state index in [4.69, 9.17) is 4.74 Å². The minimum Gasteiger partial charge on any atom is -0.378 e. The Morgan fingerprint density at radius 2 is 1.94 bits per heavy atom. The van der Waals surface area contributed by atoms with Crippen LogP contribution in [0.1, 0.15) is 10.4 Å². The molecule has 0 aliphatic carbocycles. The molecule has 10 nitrogen and oxygen atoms in total. The molecule has 1 amide bonds. The number of carbonyl (C=O) groups excluding carboxylic acids is 1. The number of rotatable bonds is 6. The summed E-state index contributed by atoms with van der Waals surface area (Å²) in [5.74, 6) is -0.404. The van der Waals surface area contributed by atoms with Crippen molar-refractivity contribution in [1.82, 2.24) is 14.8 Å². The fourth-order valence-corrected chi connectivity index (χ4v) is 3.94. The average Bonchev–Trinajstić information content (AvgIpc) is 3.19. The van der Waals surface area contributed by atoms with E-state index >= 15 is 0 Å². The summed E-state index contributed by atoms with van der Waals surface area (Å²) in [5, 5.41) is 22.7. The number of anilines is 2. The Bertz CT molecular complexity index is 1100. The Morgan fingerprint density at radius 3 is 2.58 bits per heavy atom. The summed E-state index contributed by atoms with van der Waals surface area (Å²) in [5.41, 5.74) is 1.37. The molecule has 1 fully saturated rings. The molecule has 11 heteroatoms. The van der Waals surface area contributed by atoms with Crippen molar-refractivity contribution in [2.45, 2.75) is 10.1 Å². The number of non-ortho nitro benzene ring substituents is 1. The molecule has 0 bridgehead atoms. The minimum atomic E-state index is -0.502. The third-order valence-electron chi connectivity index (χ3n) is 4.78. The summed E-state index contributed by atoms with van der Waals surface area (Å²) in [6.07, 6.45) is 1.63. The smallest absolute Gasteiger partial charge is 0.270 e. The number of nitro groups is 1. The van der Waals surface area contributed by atoms with Crippen molar-refractivity contribution in [2.24, 2.45) is 7.05 Å². The van der Waals surface area contributed by atoms with Gasteiger partial charge >= 0.3 is 0 Å². The van der Waals surface area contributed by atoms with Crippen LogP contribution in [0.4, 0.5) is 17.1 Å². The lowest BCUT2D eigenvalue weighted by molar-refractivity contribution is -0.384.